The Labute approximate surface area is 108 Å². The fourth-order valence-corrected chi connectivity index (χ4v) is 2.12. The molecule has 5 heteroatoms. The third-order valence-corrected chi connectivity index (χ3v) is 2.94. The molecule has 0 radical (unpaired) electrons. The van der Waals surface area contributed by atoms with Crippen molar-refractivity contribution in [3.63, 3.8) is 0 Å². The van der Waals surface area contributed by atoms with Crippen molar-refractivity contribution in [1.82, 2.24) is 25.0 Å². The van der Waals surface area contributed by atoms with Gasteiger partial charge in [0.25, 0.3) is 0 Å². The molecule has 0 amide bonds. The normalized spacial score (nSPS) is 13.2. The van der Waals surface area contributed by atoms with Crippen LogP contribution in [-0.2, 0) is 6.42 Å². The van der Waals surface area contributed by atoms with E-state index < -0.39 is 0 Å². The first-order valence-electron chi connectivity index (χ1n) is 6.41. The summed E-state index contributed by atoms with van der Waals surface area (Å²) in [5.74, 6) is 2.33. The van der Waals surface area contributed by atoms with Gasteiger partial charge < -0.3 is 0 Å². The molecule has 98 valence electrons. The number of aromatic amines is 1. The second-order valence-corrected chi connectivity index (χ2v) is 5.29. The molecule has 0 aliphatic rings. The maximum absolute atomic E-state index is 4.55. The van der Waals surface area contributed by atoms with Gasteiger partial charge in [-0.1, -0.05) is 13.8 Å². The molecule has 1 atom stereocenters. The molecule has 18 heavy (non-hydrogen) atoms. The maximum atomic E-state index is 4.55. The van der Waals surface area contributed by atoms with Gasteiger partial charge in [0, 0.05) is 12.1 Å². The van der Waals surface area contributed by atoms with Crippen molar-refractivity contribution >= 4 is 0 Å². The van der Waals surface area contributed by atoms with Crippen LogP contribution in [0.1, 0.15) is 49.8 Å². The summed E-state index contributed by atoms with van der Waals surface area (Å²) in [5, 5.41) is 11.8. The Kier molecular flexibility index (Phi) is 3.50. The van der Waals surface area contributed by atoms with Crippen LogP contribution in [0.4, 0.5) is 0 Å². The lowest BCUT2D eigenvalue weighted by Gasteiger charge is -2.10. The minimum Gasteiger partial charge on any atom is -0.263 e. The van der Waals surface area contributed by atoms with Gasteiger partial charge in [-0.25, -0.2) is 4.98 Å². The molecule has 2 aromatic rings. The Morgan fingerprint density at radius 2 is 2.00 bits per heavy atom. The van der Waals surface area contributed by atoms with Crippen LogP contribution in [0, 0.1) is 19.8 Å². The molecule has 5 nitrogen and oxygen atoms in total. The summed E-state index contributed by atoms with van der Waals surface area (Å²) >= 11 is 0. The molecule has 2 heterocycles. The second-order valence-electron chi connectivity index (χ2n) is 5.29. The van der Waals surface area contributed by atoms with E-state index in [2.05, 4.69) is 54.0 Å². The van der Waals surface area contributed by atoms with Crippen LogP contribution in [0.2, 0.25) is 0 Å². The molecular formula is C13H21N5. The van der Waals surface area contributed by atoms with Crippen molar-refractivity contribution in [1.29, 1.82) is 0 Å². The number of nitrogens with one attached hydrogen (secondary N) is 1. The van der Waals surface area contributed by atoms with Crippen LogP contribution in [0.3, 0.4) is 0 Å². The lowest BCUT2D eigenvalue weighted by Crippen LogP contribution is -2.12. The topological polar surface area (TPSA) is 59.4 Å². The largest absolute Gasteiger partial charge is 0.263 e. The standard InChI is InChI=1S/C13H21N5/c1-8(2)6-12-14-13(16-15-12)11(5)18-10(4)7-9(3)17-18/h7-8,11H,6H2,1-5H3,(H,14,15,16)/t11-/m1/s1. The van der Waals surface area contributed by atoms with E-state index in [0.29, 0.717) is 5.92 Å². The summed E-state index contributed by atoms with van der Waals surface area (Å²) in [5.41, 5.74) is 2.16. The van der Waals surface area contributed by atoms with E-state index in [1.807, 2.05) is 11.6 Å². The van der Waals surface area contributed by atoms with E-state index in [1.165, 1.54) is 0 Å². The quantitative estimate of drug-likeness (QED) is 0.902. The zero-order chi connectivity index (χ0) is 13.3. The van der Waals surface area contributed by atoms with Gasteiger partial charge in [-0.3, -0.25) is 9.78 Å². The van der Waals surface area contributed by atoms with Crippen LogP contribution in [-0.4, -0.2) is 25.0 Å². The molecule has 0 aromatic carbocycles. The Morgan fingerprint density at radius 3 is 2.56 bits per heavy atom. The van der Waals surface area contributed by atoms with Crippen molar-refractivity contribution in [3.8, 4) is 0 Å². The van der Waals surface area contributed by atoms with Gasteiger partial charge >= 0.3 is 0 Å². The van der Waals surface area contributed by atoms with Crippen LogP contribution in [0.15, 0.2) is 6.07 Å². The van der Waals surface area contributed by atoms with Crippen molar-refractivity contribution in [3.05, 3.63) is 29.1 Å². The van der Waals surface area contributed by atoms with E-state index in [1.54, 1.807) is 0 Å². The minimum absolute atomic E-state index is 0.0656. The fourth-order valence-electron chi connectivity index (χ4n) is 2.12. The number of rotatable bonds is 4. The lowest BCUT2D eigenvalue weighted by atomic mass is 10.1. The van der Waals surface area contributed by atoms with E-state index in [9.17, 15) is 0 Å². The summed E-state index contributed by atoms with van der Waals surface area (Å²) in [4.78, 5) is 4.55. The second kappa shape index (κ2) is 4.92. The SMILES string of the molecule is Cc1cc(C)n([C@H](C)c2n[nH]c(CC(C)C)n2)n1. The number of hydrogen-bond donors (Lipinski definition) is 1. The number of aromatic nitrogens is 5. The number of nitrogens with zero attached hydrogens (tertiary/aromatic N) is 4. The van der Waals surface area contributed by atoms with Crippen molar-refractivity contribution in [2.24, 2.45) is 5.92 Å². The van der Waals surface area contributed by atoms with Gasteiger partial charge in [-0.15, -0.1) is 0 Å². The molecule has 0 saturated heterocycles. The molecule has 0 aliphatic carbocycles. The molecule has 2 aromatic heterocycles. The third-order valence-electron chi connectivity index (χ3n) is 2.94. The van der Waals surface area contributed by atoms with Crippen LogP contribution in [0.25, 0.3) is 0 Å². The number of H-pyrrole nitrogens is 1. The lowest BCUT2D eigenvalue weighted by molar-refractivity contribution is 0.521. The maximum Gasteiger partial charge on any atom is 0.174 e. The molecule has 0 saturated carbocycles. The summed E-state index contributed by atoms with van der Waals surface area (Å²) in [6, 6.07) is 2.13. The minimum atomic E-state index is 0.0656. The molecule has 0 spiro atoms. The fraction of sp³-hybridized carbons (Fsp3) is 0.615. The predicted molar refractivity (Wildman–Crippen MR) is 70.4 cm³/mol. The van der Waals surface area contributed by atoms with Gasteiger partial charge in [-0.2, -0.15) is 10.2 Å². The number of hydrogen-bond acceptors (Lipinski definition) is 3. The Morgan fingerprint density at radius 1 is 1.28 bits per heavy atom. The van der Waals surface area contributed by atoms with E-state index in [4.69, 9.17) is 0 Å². The van der Waals surface area contributed by atoms with Gasteiger partial charge in [0.2, 0.25) is 0 Å². The highest BCUT2D eigenvalue weighted by molar-refractivity contribution is 5.10. The van der Waals surface area contributed by atoms with Gasteiger partial charge in [-0.05, 0) is 32.8 Å². The van der Waals surface area contributed by atoms with E-state index in [0.717, 1.165) is 29.5 Å². The Bertz CT molecular complexity index is 523. The highest BCUT2D eigenvalue weighted by atomic mass is 15.3. The summed E-state index contributed by atoms with van der Waals surface area (Å²) in [6.45, 7) is 10.5. The van der Waals surface area contributed by atoms with Gasteiger partial charge in [0.15, 0.2) is 5.82 Å². The molecule has 0 aliphatic heterocycles. The van der Waals surface area contributed by atoms with Crippen LogP contribution >= 0.6 is 0 Å². The first-order valence-corrected chi connectivity index (χ1v) is 6.41. The van der Waals surface area contributed by atoms with Crippen molar-refractivity contribution in [2.45, 2.75) is 47.1 Å². The summed E-state index contributed by atoms with van der Waals surface area (Å²) < 4.78 is 1.97. The first-order chi connectivity index (χ1) is 8.47. The molecule has 0 fully saturated rings. The zero-order valence-corrected chi connectivity index (χ0v) is 11.7. The average molecular weight is 247 g/mol. The molecular weight excluding hydrogens is 226 g/mol. The highest BCUT2D eigenvalue weighted by Crippen LogP contribution is 2.16. The smallest absolute Gasteiger partial charge is 0.174 e. The monoisotopic (exact) mass is 247 g/mol. The molecule has 0 unspecified atom stereocenters. The van der Waals surface area contributed by atoms with Crippen LogP contribution in [0.5, 0.6) is 0 Å². The highest BCUT2D eigenvalue weighted by Gasteiger charge is 2.16. The van der Waals surface area contributed by atoms with Crippen molar-refractivity contribution in [2.75, 3.05) is 0 Å². The Hall–Kier alpha value is -1.65. The molecule has 2 rings (SSSR count). The third kappa shape index (κ3) is 2.60. The number of aryl methyl sites for hydroxylation is 2. The van der Waals surface area contributed by atoms with E-state index in [-0.39, 0.29) is 6.04 Å². The van der Waals surface area contributed by atoms with Gasteiger partial charge in [0.05, 0.1) is 5.69 Å². The van der Waals surface area contributed by atoms with E-state index >= 15 is 0 Å². The predicted octanol–water partition coefficient (Wildman–Crippen LogP) is 2.43. The Balaban J connectivity index is 2.21. The van der Waals surface area contributed by atoms with Gasteiger partial charge in [0.1, 0.15) is 11.9 Å². The summed E-state index contributed by atoms with van der Waals surface area (Å²) in [6.07, 6.45) is 0.927. The average Bonchev–Trinajstić information content (AvgIpc) is 2.84. The van der Waals surface area contributed by atoms with Crippen LogP contribution < -0.4 is 0 Å². The molecule has 1 N–H and O–H groups in total. The van der Waals surface area contributed by atoms with Crippen molar-refractivity contribution < 1.29 is 0 Å². The summed E-state index contributed by atoms with van der Waals surface area (Å²) in [7, 11) is 0. The first kappa shape index (κ1) is 12.8. The zero-order valence-electron chi connectivity index (χ0n) is 11.7. The molecule has 0 bridgehead atoms.